The molecule has 3 aromatic carbocycles. The molecule has 1 aliphatic carbocycles. The summed E-state index contributed by atoms with van der Waals surface area (Å²) in [5.74, 6) is -0.701. The molecule has 0 radical (unpaired) electrons. The van der Waals surface area contributed by atoms with E-state index in [1.807, 2.05) is 41.3 Å². The Hall–Kier alpha value is -2.75. The van der Waals surface area contributed by atoms with E-state index in [4.69, 9.17) is 11.6 Å². The summed E-state index contributed by atoms with van der Waals surface area (Å²) < 4.78 is 27.2. The molecule has 3 aromatic rings. The third-order valence-electron chi connectivity index (χ3n) is 7.56. The normalized spacial score (nSPS) is 18.1. The van der Waals surface area contributed by atoms with Crippen molar-refractivity contribution in [2.45, 2.75) is 44.4 Å². The Morgan fingerprint density at radius 1 is 1.05 bits per heavy atom. The predicted molar refractivity (Wildman–Crippen MR) is 153 cm³/mol. The van der Waals surface area contributed by atoms with Gasteiger partial charge in [-0.15, -0.1) is 0 Å². The van der Waals surface area contributed by atoms with Crippen LogP contribution in [0.1, 0.15) is 49.1 Å². The number of anilines is 1. The Labute approximate surface area is 228 Å². The molecule has 1 aliphatic heterocycles. The second-order valence-electron chi connectivity index (χ2n) is 10.9. The molecule has 198 valence electrons. The van der Waals surface area contributed by atoms with Crippen LogP contribution in [-0.2, 0) is 20.6 Å². The molecule has 0 aromatic heterocycles. The van der Waals surface area contributed by atoms with E-state index < -0.39 is 18.9 Å². The van der Waals surface area contributed by atoms with Crippen LogP contribution in [0.3, 0.4) is 0 Å². The van der Waals surface area contributed by atoms with Gasteiger partial charge < -0.3 is 9.46 Å². The van der Waals surface area contributed by atoms with E-state index in [9.17, 15) is 18.5 Å². The average molecular weight is 552 g/mol. The lowest BCUT2D eigenvalue weighted by Crippen LogP contribution is -2.42. The van der Waals surface area contributed by atoms with Crippen LogP contribution in [0.15, 0.2) is 60.7 Å². The number of carbonyl (C=O) groups is 2. The predicted octanol–water partition coefficient (Wildman–Crippen LogP) is 7.22. The maximum atomic E-state index is 14.2. The number of amides is 1. The zero-order valence-electron chi connectivity index (χ0n) is 21.8. The number of hydrogen-bond acceptors (Lipinski definition) is 3. The van der Waals surface area contributed by atoms with Crippen molar-refractivity contribution >= 4 is 41.4 Å². The highest BCUT2D eigenvalue weighted by Crippen LogP contribution is 2.47. The van der Waals surface area contributed by atoms with Crippen molar-refractivity contribution in [3.05, 3.63) is 82.6 Å². The summed E-state index contributed by atoms with van der Waals surface area (Å²) in [6.45, 7) is 4.19. The number of carbonyl (C=O) groups excluding carboxylic acids is 2. The average Bonchev–Trinajstić information content (AvgIpc) is 3.72. The Kier molecular flexibility index (Phi) is 7.62. The topological polar surface area (TPSA) is 54.5 Å². The lowest BCUT2D eigenvalue weighted by atomic mass is 9.89. The molecule has 4 nitrogen and oxygen atoms in total. The number of nitrogens with zero attached hydrogens (tertiary/aromatic N) is 1. The first-order chi connectivity index (χ1) is 18.1. The fourth-order valence-electron chi connectivity index (χ4n) is 5.48. The lowest BCUT2D eigenvalue weighted by molar-refractivity contribution is -0.128. The van der Waals surface area contributed by atoms with E-state index in [0.29, 0.717) is 24.4 Å². The van der Waals surface area contributed by atoms with Crippen LogP contribution in [0.25, 0.3) is 11.1 Å². The van der Waals surface area contributed by atoms with Crippen molar-refractivity contribution in [3.8, 4) is 11.1 Å². The van der Waals surface area contributed by atoms with Crippen molar-refractivity contribution in [1.29, 1.82) is 0 Å². The zero-order valence-corrected chi connectivity index (χ0v) is 23.4. The number of ketones is 1. The minimum atomic E-state index is -2.47. The molecule has 1 amide bonds. The summed E-state index contributed by atoms with van der Waals surface area (Å²) in [4.78, 5) is 28.3. The highest BCUT2D eigenvalue weighted by atomic mass is 35.5. The summed E-state index contributed by atoms with van der Waals surface area (Å²) in [7, 11) is -2.47. The second-order valence-corrected chi connectivity index (χ2v) is 14.5. The lowest BCUT2D eigenvalue weighted by Gasteiger charge is -2.34. The zero-order chi connectivity index (χ0) is 27.0. The van der Waals surface area contributed by atoms with E-state index in [-0.39, 0.29) is 29.6 Å². The first kappa shape index (κ1) is 26.8. The van der Waals surface area contributed by atoms with Crippen molar-refractivity contribution in [3.63, 3.8) is 0 Å². The quantitative estimate of drug-likeness (QED) is 0.278. The van der Waals surface area contributed by atoms with Gasteiger partial charge in [0.2, 0.25) is 5.91 Å². The standard InChI is InChI=1S/C31H32ClFNO3P/c1-38(2,37)30-8-4-3-7-26(30)21-12-14-29(27(18-21)20-9-10-20)34-15-5-6-23(31(34)36)17-25(35)16-22-11-13-24(32)19-28(22)33/h3-4,7-8,11-14,18-20,23H,5-6,9-10,15-17H2,1-2H3/t23-/m0/s1. The summed E-state index contributed by atoms with van der Waals surface area (Å²) in [5, 5.41) is 1.15. The number of benzene rings is 3. The molecule has 5 rings (SSSR count). The van der Waals surface area contributed by atoms with Gasteiger partial charge in [-0.1, -0.05) is 48.0 Å². The molecule has 0 unspecified atom stereocenters. The van der Waals surface area contributed by atoms with Gasteiger partial charge in [0.1, 0.15) is 18.7 Å². The molecule has 7 heteroatoms. The molecule has 2 fully saturated rings. The summed E-state index contributed by atoms with van der Waals surface area (Å²) >= 11 is 5.83. The van der Waals surface area contributed by atoms with Crippen LogP contribution < -0.4 is 10.2 Å². The molecule has 1 atom stereocenters. The van der Waals surface area contributed by atoms with Gasteiger partial charge in [-0.25, -0.2) is 4.39 Å². The molecule has 0 N–H and O–H groups in total. The van der Waals surface area contributed by atoms with Gasteiger partial charge in [0.25, 0.3) is 0 Å². The van der Waals surface area contributed by atoms with Gasteiger partial charge in [-0.2, -0.15) is 0 Å². The van der Waals surface area contributed by atoms with E-state index in [1.165, 1.54) is 12.1 Å². The number of piperidine rings is 1. The molecule has 0 spiro atoms. The first-order valence-electron chi connectivity index (χ1n) is 13.2. The Bertz CT molecular complexity index is 1440. The Balaban J connectivity index is 1.38. The van der Waals surface area contributed by atoms with Gasteiger partial charge >= 0.3 is 0 Å². The van der Waals surface area contributed by atoms with Crippen molar-refractivity contribution in [2.24, 2.45) is 5.92 Å². The van der Waals surface area contributed by atoms with E-state index in [2.05, 4.69) is 6.07 Å². The van der Waals surface area contributed by atoms with Gasteiger partial charge in [-0.05, 0) is 91.5 Å². The Morgan fingerprint density at radius 3 is 2.53 bits per heavy atom. The number of rotatable bonds is 8. The fourth-order valence-corrected chi connectivity index (χ4v) is 6.87. The molecular weight excluding hydrogens is 520 g/mol. The van der Waals surface area contributed by atoms with Crippen LogP contribution in [0.2, 0.25) is 5.02 Å². The molecule has 1 heterocycles. The number of Topliss-reactive ketones (excluding diaryl/α,β-unsaturated/α-hetero) is 1. The molecule has 1 saturated heterocycles. The molecule has 38 heavy (non-hydrogen) atoms. The molecular formula is C31H32ClFNO3P. The number of hydrogen-bond donors (Lipinski definition) is 0. The van der Waals surface area contributed by atoms with E-state index in [0.717, 1.165) is 46.9 Å². The van der Waals surface area contributed by atoms with E-state index >= 15 is 0 Å². The summed E-state index contributed by atoms with van der Waals surface area (Å²) in [5.41, 5.74) is 4.34. The van der Waals surface area contributed by atoms with Gasteiger partial charge in [0, 0.05) is 41.3 Å². The van der Waals surface area contributed by atoms with Crippen LogP contribution in [0, 0.1) is 11.7 Å². The second kappa shape index (κ2) is 10.8. The van der Waals surface area contributed by atoms with Gasteiger partial charge in [0.15, 0.2) is 0 Å². The van der Waals surface area contributed by atoms with Crippen LogP contribution >= 0.6 is 18.7 Å². The smallest absolute Gasteiger partial charge is 0.230 e. The van der Waals surface area contributed by atoms with Crippen LogP contribution in [0.4, 0.5) is 10.1 Å². The first-order valence-corrected chi connectivity index (χ1v) is 16.2. The van der Waals surface area contributed by atoms with E-state index in [1.54, 1.807) is 19.4 Å². The Morgan fingerprint density at radius 2 is 1.82 bits per heavy atom. The van der Waals surface area contributed by atoms with Gasteiger partial charge in [-0.3, -0.25) is 9.59 Å². The minimum absolute atomic E-state index is 0.0390. The number of halogens is 2. The highest BCUT2D eigenvalue weighted by Gasteiger charge is 2.35. The van der Waals surface area contributed by atoms with Crippen molar-refractivity contribution in [1.82, 2.24) is 0 Å². The summed E-state index contributed by atoms with van der Waals surface area (Å²) in [6, 6.07) is 18.3. The highest BCUT2D eigenvalue weighted by molar-refractivity contribution is 7.70. The largest absolute Gasteiger partial charge is 0.319 e. The minimum Gasteiger partial charge on any atom is -0.319 e. The van der Waals surface area contributed by atoms with Crippen molar-refractivity contribution < 1.29 is 18.5 Å². The monoisotopic (exact) mass is 551 g/mol. The fraction of sp³-hybridized carbons (Fsp3) is 0.355. The molecule has 0 bridgehead atoms. The molecule has 1 saturated carbocycles. The third-order valence-corrected chi connectivity index (χ3v) is 9.34. The van der Waals surface area contributed by atoms with Crippen LogP contribution in [-0.4, -0.2) is 31.6 Å². The summed E-state index contributed by atoms with van der Waals surface area (Å²) in [6.07, 6.45) is 3.67. The maximum absolute atomic E-state index is 14.2. The van der Waals surface area contributed by atoms with Gasteiger partial charge in [0.05, 0.1) is 0 Å². The third kappa shape index (κ3) is 5.80. The maximum Gasteiger partial charge on any atom is 0.230 e. The van der Waals surface area contributed by atoms with Crippen LogP contribution in [0.5, 0.6) is 0 Å². The molecule has 2 aliphatic rings. The SMILES string of the molecule is CP(C)(=O)c1ccccc1-c1ccc(N2CCC[C@@H](CC(=O)Cc3ccc(Cl)cc3F)C2=O)c(C2CC2)c1. The van der Waals surface area contributed by atoms with Crippen molar-refractivity contribution in [2.75, 3.05) is 24.8 Å².